The van der Waals surface area contributed by atoms with Gasteiger partial charge in [-0.25, -0.2) is 0 Å². The van der Waals surface area contributed by atoms with E-state index in [-0.39, 0.29) is 0 Å². The highest BCUT2D eigenvalue weighted by Crippen LogP contribution is 2.22. The lowest BCUT2D eigenvalue weighted by Crippen LogP contribution is -2.32. The van der Waals surface area contributed by atoms with Crippen LogP contribution < -0.4 is 0 Å². The lowest BCUT2D eigenvalue weighted by Gasteiger charge is -2.25. The summed E-state index contributed by atoms with van der Waals surface area (Å²) in [5, 5.41) is 8.89. The van der Waals surface area contributed by atoms with Gasteiger partial charge in [0.05, 0.1) is 6.61 Å². The van der Waals surface area contributed by atoms with Crippen LogP contribution in [0.5, 0.6) is 0 Å². The number of hydrogen-bond acceptors (Lipinski definition) is 2. The fraction of sp³-hybridized carbons (Fsp3) is 1.00. The first-order valence-electron chi connectivity index (χ1n) is 5.57. The van der Waals surface area contributed by atoms with Gasteiger partial charge >= 0.3 is 0 Å². The van der Waals surface area contributed by atoms with Crippen molar-refractivity contribution in [3.8, 4) is 0 Å². The minimum absolute atomic E-state index is 0.310. The molecule has 0 aromatic heterocycles. The Bertz CT molecular complexity index is 136. The van der Waals surface area contributed by atoms with Crippen LogP contribution in [0.4, 0.5) is 0 Å². The van der Waals surface area contributed by atoms with Crippen LogP contribution in [0.2, 0.25) is 0 Å². The highest BCUT2D eigenvalue weighted by molar-refractivity contribution is 4.73. The summed E-state index contributed by atoms with van der Waals surface area (Å²) < 4.78 is 0. The average Bonchev–Trinajstić information content (AvgIpc) is 2.30. The normalized spacial score (nSPS) is 26.3. The molecule has 13 heavy (non-hydrogen) atoms. The lowest BCUT2D eigenvalue weighted by molar-refractivity contribution is 0.171. The fourth-order valence-electron chi connectivity index (χ4n) is 2.14. The molecule has 0 saturated carbocycles. The Kier molecular flexibility index (Phi) is 4.74. The predicted molar refractivity (Wildman–Crippen MR) is 55.7 cm³/mol. The largest absolute Gasteiger partial charge is 0.395 e. The summed E-state index contributed by atoms with van der Waals surface area (Å²) in [6.45, 7) is 8.18. The van der Waals surface area contributed by atoms with Crippen LogP contribution >= 0.6 is 0 Å². The highest BCUT2D eigenvalue weighted by Gasteiger charge is 2.19. The zero-order valence-corrected chi connectivity index (χ0v) is 9.00. The zero-order chi connectivity index (χ0) is 9.68. The summed E-state index contributed by atoms with van der Waals surface area (Å²) in [7, 11) is 0. The van der Waals surface area contributed by atoms with Gasteiger partial charge in [0.25, 0.3) is 0 Å². The summed E-state index contributed by atoms with van der Waals surface area (Å²) in [6.07, 6.45) is 4.05. The number of likely N-dealkylation sites (tertiary alicyclic amines) is 1. The Balaban J connectivity index is 2.39. The monoisotopic (exact) mass is 185 g/mol. The smallest absolute Gasteiger partial charge is 0.0558 e. The number of nitrogens with zero attached hydrogens (tertiary/aromatic N) is 1. The van der Waals surface area contributed by atoms with Gasteiger partial charge in [-0.3, -0.25) is 0 Å². The molecule has 2 heteroatoms. The molecule has 1 aliphatic heterocycles. The molecule has 1 heterocycles. The van der Waals surface area contributed by atoms with Gasteiger partial charge in [-0.2, -0.15) is 0 Å². The maximum Gasteiger partial charge on any atom is 0.0558 e. The van der Waals surface area contributed by atoms with E-state index in [1.54, 1.807) is 0 Å². The van der Waals surface area contributed by atoms with Crippen molar-refractivity contribution >= 4 is 0 Å². The maximum atomic E-state index is 8.89. The predicted octanol–water partition coefficient (Wildman–Crippen LogP) is 1.74. The molecule has 0 spiro atoms. The van der Waals surface area contributed by atoms with Crippen LogP contribution in [-0.2, 0) is 0 Å². The van der Waals surface area contributed by atoms with Crippen molar-refractivity contribution in [3.05, 3.63) is 0 Å². The van der Waals surface area contributed by atoms with Crippen LogP contribution in [0.3, 0.4) is 0 Å². The Morgan fingerprint density at radius 2 is 2.15 bits per heavy atom. The van der Waals surface area contributed by atoms with Crippen LogP contribution in [0.1, 0.15) is 33.1 Å². The molecule has 1 atom stereocenters. The van der Waals surface area contributed by atoms with Crippen molar-refractivity contribution in [2.24, 2.45) is 11.8 Å². The van der Waals surface area contributed by atoms with E-state index in [0.717, 1.165) is 18.4 Å². The van der Waals surface area contributed by atoms with E-state index in [0.29, 0.717) is 6.61 Å². The Morgan fingerprint density at radius 3 is 2.77 bits per heavy atom. The Hall–Kier alpha value is -0.0800. The molecule has 0 bridgehead atoms. The van der Waals surface area contributed by atoms with Gasteiger partial charge in [-0.05, 0) is 31.2 Å². The molecule has 1 fully saturated rings. The number of hydrogen-bond donors (Lipinski definition) is 1. The quantitative estimate of drug-likeness (QED) is 0.724. The van der Waals surface area contributed by atoms with Gasteiger partial charge in [0.1, 0.15) is 0 Å². The van der Waals surface area contributed by atoms with Crippen molar-refractivity contribution in [1.82, 2.24) is 4.90 Å². The molecule has 1 unspecified atom stereocenters. The van der Waals surface area contributed by atoms with Crippen LogP contribution in [-0.4, -0.2) is 36.2 Å². The minimum atomic E-state index is 0.310. The van der Waals surface area contributed by atoms with Gasteiger partial charge in [0, 0.05) is 13.1 Å². The van der Waals surface area contributed by atoms with Gasteiger partial charge in [0.2, 0.25) is 0 Å². The minimum Gasteiger partial charge on any atom is -0.395 e. The first kappa shape index (κ1) is 11.0. The zero-order valence-electron chi connectivity index (χ0n) is 9.00. The van der Waals surface area contributed by atoms with Gasteiger partial charge in [-0.15, -0.1) is 0 Å². The van der Waals surface area contributed by atoms with Gasteiger partial charge < -0.3 is 10.0 Å². The average molecular weight is 185 g/mol. The number of aliphatic hydroxyl groups excluding tert-OH is 1. The highest BCUT2D eigenvalue weighted by atomic mass is 16.3. The lowest BCUT2D eigenvalue weighted by atomic mass is 9.91. The van der Waals surface area contributed by atoms with Crippen molar-refractivity contribution in [2.75, 3.05) is 26.2 Å². The second kappa shape index (κ2) is 5.61. The standard InChI is InChI=1S/C11H23NO/c1-10(2)11-5-3-4-6-12(9-11)7-8-13/h10-11,13H,3-9H2,1-2H3. The van der Waals surface area contributed by atoms with E-state index in [1.807, 2.05) is 0 Å². The second-order valence-corrected chi connectivity index (χ2v) is 4.52. The number of rotatable bonds is 3. The molecule has 1 N–H and O–H groups in total. The molecule has 1 aliphatic rings. The summed E-state index contributed by atoms with van der Waals surface area (Å²) in [5.74, 6) is 1.63. The van der Waals surface area contributed by atoms with E-state index in [9.17, 15) is 0 Å². The van der Waals surface area contributed by atoms with Crippen molar-refractivity contribution in [1.29, 1.82) is 0 Å². The van der Waals surface area contributed by atoms with Crippen LogP contribution in [0.25, 0.3) is 0 Å². The summed E-state index contributed by atoms with van der Waals surface area (Å²) in [5.41, 5.74) is 0. The first-order valence-corrected chi connectivity index (χ1v) is 5.57. The maximum absolute atomic E-state index is 8.89. The van der Waals surface area contributed by atoms with Gasteiger partial charge in [-0.1, -0.05) is 20.3 Å². The number of aliphatic hydroxyl groups is 1. The summed E-state index contributed by atoms with van der Waals surface area (Å²) >= 11 is 0. The molecular formula is C11H23NO. The molecule has 1 saturated heterocycles. The van der Waals surface area contributed by atoms with Crippen LogP contribution in [0, 0.1) is 11.8 Å². The molecule has 78 valence electrons. The first-order chi connectivity index (χ1) is 6.24. The molecule has 0 aromatic rings. The Morgan fingerprint density at radius 1 is 1.38 bits per heavy atom. The van der Waals surface area contributed by atoms with E-state index in [1.165, 1.54) is 32.4 Å². The fourth-order valence-corrected chi connectivity index (χ4v) is 2.14. The van der Waals surface area contributed by atoms with E-state index in [2.05, 4.69) is 18.7 Å². The SMILES string of the molecule is CC(C)C1CCCCN(CCO)C1. The second-order valence-electron chi connectivity index (χ2n) is 4.52. The molecule has 0 amide bonds. The van der Waals surface area contributed by atoms with Gasteiger partial charge in [0.15, 0.2) is 0 Å². The van der Waals surface area contributed by atoms with E-state index in [4.69, 9.17) is 5.11 Å². The van der Waals surface area contributed by atoms with E-state index >= 15 is 0 Å². The van der Waals surface area contributed by atoms with Crippen LogP contribution in [0.15, 0.2) is 0 Å². The third kappa shape index (κ3) is 3.65. The van der Waals surface area contributed by atoms with Crippen molar-refractivity contribution in [3.63, 3.8) is 0 Å². The topological polar surface area (TPSA) is 23.5 Å². The van der Waals surface area contributed by atoms with Crippen molar-refractivity contribution < 1.29 is 5.11 Å². The third-order valence-corrected chi connectivity index (χ3v) is 3.15. The molecule has 0 aliphatic carbocycles. The summed E-state index contributed by atoms with van der Waals surface area (Å²) in [4.78, 5) is 2.41. The number of β-amino-alcohol motifs (C(OH)–C–C–N with tert-alkyl or cyclic N) is 1. The molecule has 0 aromatic carbocycles. The third-order valence-electron chi connectivity index (χ3n) is 3.15. The van der Waals surface area contributed by atoms with E-state index < -0.39 is 0 Å². The molecule has 0 radical (unpaired) electrons. The molecular weight excluding hydrogens is 162 g/mol. The molecule has 1 rings (SSSR count). The Labute approximate surface area is 81.9 Å². The van der Waals surface area contributed by atoms with Crippen molar-refractivity contribution in [2.45, 2.75) is 33.1 Å². The summed E-state index contributed by atoms with van der Waals surface area (Å²) in [6, 6.07) is 0. The molecule has 2 nitrogen and oxygen atoms in total.